The van der Waals surface area contributed by atoms with Gasteiger partial charge in [0.1, 0.15) is 0 Å². The highest BCUT2D eigenvalue weighted by atomic mass is 31.2. The number of hydrogen-bond acceptors (Lipinski definition) is 3. The summed E-state index contributed by atoms with van der Waals surface area (Å²) in [6.45, 7) is 0. The van der Waals surface area contributed by atoms with Gasteiger partial charge in [-0.2, -0.15) is 0 Å². The van der Waals surface area contributed by atoms with Gasteiger partial charge in [0, 0.05) is 23.1 Å². The Hall–Kier alpha value is 1.08. The Morgan fingerprint density at radius 1 is 1.00 bits per heavy atom. The molecule has 0 aliphatic rings. The molecule has 0 saturated heterocycles. The molecule has 28 valence electrons. The highest BCUT2D eigenvalue weighted by molar-refractivity contribution is 7.38. The third-order valence-corrected chi connectivity index (χ3v) is 0. The lowest BCUT2D eigenvalue weighted by Gasteiger charge is -1.76. The fraction of sp³-hybridized carbons (Fsp3) is 0. The summed E-state index contributed by atoms with van der Waals surface area (Å²) in [5.41, 5.74) is 0. The van der Waals surface area contributed by atoms with Crippen LogP contribution < -0.4 is 0 Å². The summed E-state index contributed by atoms with van der Waals surface area (Å²) in [6.07, 6.45) is 0. The van der Waals surface area contributed by atoms with E-state index in [1.807, 2.05) is 0 Å². The van der Waals surface area contributed by atoms with Crippen molar-refractivity contribution in [3.63, 3.8) is 0 Å². The largest absolute Gasteiger partial charge is 0.328 e. The van der Waals surface area contributed by atoms with Gasteiger partial charge in [0.2, 0.25) is 0 Å². The van der Waals surface area contributed by atoms with Gasteiger partial charge < -0.3 is 14.7 Å². The maximum absolute atomic E-state index is 7.23. The number of rotatable bonds is 0. The first-order valence-corrected chi connectivity index (χ1v) is 1.80. The van der Waals surface area contributed by atoms with Crippen molar-refractivity contribution < 1.29 is 14.7 Å². The van der Waals surface area contributed by atoms with Crippen LogP contribution in [0.2, 0.25) is 0 Å². The summed E-state index contributed by atoms with van der Waals surface area (Å²) in [7, 11) is -2.62. The molecule has 0 aromatic carbocycles. The Labute approximate surface area is 46.8 Å². The van der Waals surface area contributed by atoms with E-state index in [0.29, 0.717) is 0 Å². The smallest absolute Gasteiger partial charge is 0.324 e. The van der Waals surface area contributed by atoms with Crippen LogP contribution in [0.25, 0.3) is 0 Å². The third kappa shape index (κ3) is 41.5. The van der Waals surface area contributed by atoms with Crippen LogP contribution in [-0.2, 0) is 0 Å². The summed E-state index contributed by atoms with van der Waals surface area (Å²) in [5.74, 6) is 0. The van der Waals surface area contributed by atoms with Crippen molar-refractivity contribution in [1.29, 1.82) is 0 Å². The van der Waals surface area contributed by atoms with Crippen LogP contribution in [-0.4, -0.2) is 37.7 Å². The van der Waals surface area contributed by atoms with E-state index in [1.54, 1.807) is 0 Å². The summed E-state index contributed by atoms with van der Waals surface area (Å²) in [4.78, 5) is 21.7. The molecule has 5 heavy (non-hydrogen) atoms. The lowest BCUT2D eigenvalue weighted by molar-refractivity contribution is 0.368. The zero-order chi connectivity index (χ0) is 3.58. The maximum atomic E-state index is 7.23. The topological polar surface area (TPSA) is 60.7 Å². The van der Waals surface area contributed by atoms with Crippen LogP contribution in [0.3, 0.4) is 0 Å². The molecule has 0 atom stereocenters. The van der Waals surface area contributed by atoms with E-state index in [-0.39, 0.29) is 23.1 Å². The van der Waals surface area contributed by atoms with Crippen molar-refractivity contribution in [1.82, 2.24) is 0 Å². The van der Waals surface area contributed by atoms with Gasteiger partial charge in [0.15, 0.2) is 0 Å². The van der Waals surface area contributed by atoms with Crippen LogP contribution in [0.15, 0.2) is 0 Å². The van der Waals surface area contributed by atoms with Crippen molar-refractivity contribution in [3.8, 4) is 0 Å². The van der Waals surface area contributed by atoms with E-state index in [1.165, 1.54) is 0 Å². The minimum absolute atomic E-state index is 0. The summed E-state index contributed by atoms with van der Waals surface area (Å²) >= 11 is 0. The lowest BCUT2D eigenvalue weighted by atomic mass is 15.8. The molecule has 0 aromatic rings. The van der Waals surface area contributed by atoms with Crippen molar-refractivity contribution >= 4 is 31.7 Å². The average Bonchev–Trinajstić information content (AvgIpc) is 0.811. The lowest BCUT2D eigenvalue weighted by Crippen LogP contribution is -1.54. The fourth-order valence-corrected chi connectivity index (χ4v) is 0. The van der Waals surface area contributed by atoms with Gasteiger partial charge >= 0.3 is 8.60 Å². The molecule has 3 N–H and O–H groups in total. The zero-order valence-corrected chi connectivity index (χ0v) is 4.80. The predicted octanol–water partition coefficient (Wildman–Crippen LogP) is -1.19. The first-order valence-electron chi connectivity index (χ1n) is 0.600. The van der Waals surface area contributed by atoms with Crippen LogP contribution >= 0.6 is 8.60 Å². The third-order valence-electron chi connectivity index (χ3n) is 0. The molecule has 5 heteroatoms. The van der Waals surface area contributed by atoms with Gasteiger partial charge in [-0.15, -0.1) is 0 Å². The normalized spacial score (nSPS) is 7.20. The van der Waals surface area contributed by atoms with Crippen LogP contribution in [0.1, 0.15) is 0 Å². The second-order valence-electron chi connectivity index (χ2n) is 0.268. The van der Waals surface area contributed by atoms with Gasteiger partial charge in [-0.05, 0) is 0 Å². The Bertz CT molecular complexity index is 11.6. The van der Waals surface area contributed by atoms with Gasteiger partial charge in [0.05, 0.1) is 0 Å². The van der Waals surface area contributed by atoms with Crippen LogP contribution in [0.4, 0.5) is 0 Å². The van der Waals surface area contributed by atoms with E-state index in [2.05, 4.69) is 0 Å². The molecule has 0 rings (SSSR count). The van der Waals surface area contributed by atoms with E-state index in [0.717, 1.165) is 0 Å². The SMILES string of the molecule is OP(O)O.[Mg]. The monoisotopic (exact) mass is 106 g/mol. The molecular weight excluding hydrogens is 103 g/mol. The minimum Gasteiger partial charge on any atom is -0.328 e. The molecule has 0 saturated carbocycles. The molecule has 3 nitrogen and oxygen atoms in total. The van der Waals surface area contributed by atoms with Crippen molar-refractivity contribution in [2.45, 2.75) is 0 Å². The molecule has 0 fully saturated rings. The van der Waals surface area contributed by atoms with Crippen molar-refractivity contribution in [2.24, 2.45) is 0 Å². The molecule has 0 aliphatic heterocycles. The summed E-state index contributed by atoms with van der Waals surface area (Å²) < 4.78 is 0. The van der Waals surface area contributed by atoms with Gasteiger partial charge in [-0.25, -0.2) is 0 Å². The Balaban J connectivity index is 0. The highest BCUT2D eigenvalue weighted by Crippen LogP contribution is 2.11. The van der Waals surface area contributed by atoms with Gasteiger partial charge in [-0.3, -0.25) is 0 Å². The molecule has 2 radical (unpaired) electrons. The molecular formula is H3MgO3P. The van der Waals surface area contributed by atoms with E-state index in [4.69, 9.17) is 14.7 Å². The molecule has 0 aliphatic carbocycles. The highest BCUT2D eigenvalue weighted by Gasteiger charge is 1.76. The molecule has 0 aromatic heterocycles. The van der Waals surface area contributed by atoms with Gasteiger partial charge in [0.25, 0.3) is 0 Å². The first-order chi connectivity index (χ1) is 1.73. The van der Waals surface area contributed by atoms with Crippen LogP contribution in [0, 0.1) is 0 Å². The van der Waals surface area contributed by atoms with Gasteiger partial charge in [-0.1, -0.05) is 0 Å². The molecule has 0 unspecified atom stereocenters. The van der Waals surface area contributed by atoms with Crippen molar-refractivity contribution in [2.75, 3.05) is 0 Å². The molecule has 0 spiro atoms. The van der Waals surface area contributed by atoms with E-state index in [9.17, 15) is 0 Å². The predicted molar refractivity (Wildman–Crippen MR) is 19.3 cm³/mol. The fourth-order valence-electron chi connectivity index (χ4n) is 0. The van der Waals surface area contributed by atoms with E-state index >= 15 is 0 Å². The Morgan fingerprint density at radius 3 is 1.00 bits per heavy atom. The zero-order valence-electron chi connectivity index (χ0n) is 2.50. The summed E-state index contributed by atoms with van der Waals surface area (Å²) in [5, 5.41) is 0. The maximum Gasteiger partial charge on any atom is 0.324 e. The molecule has 0 bridgehead atoms. The van der Waals surface area contributed by atoms with E-state index < -0.39 is 8.60 Å². The average molecular weight is 106 g/mol. The number of hydrogen-bond donors (Lipinski definition) is 3. The quantitative estimate of drug-likeness (QED) is 0.269. The second-order valence-corrected chi connectivity index (χ2v) is 0.805. The summed E-state index contributed by atoms with van der Waals surface area (Å²) in [6, 6.07) is 0. The molecule has 0 heterocycles. The minimum atomic E-state index is -2.62. The molecule has 0 amide bonds. The Kier molecular flexibility index (Phi) is 9.57. The standard InChI is InChI=1S/Mg.H3O3P/c;1-4(2)3/h;1-3H. The first kappa shape index (κ1) is 9.42. The van der Waals surface area contributed by atoms with Crippen molar-refractivity contribution in [3.05, 3.63) is 0 Å². The second kappa shape index (κ2) is 5.08. The van der Waals surface area contributed by atoms with Crippen LogP contribution in [0.5, 0.6) is 0 Å². The Morgan fingerprint density at radius 2 is 1.00 bits per heavy atom.